The van der Waals surface area contributed by atoms with Crippen LogP contribution in [-0.4, -0.2) is 41.3 Å². The number of fused-ring (bicyclic) bond motifs is 1. The van der Waals surface area contributed by atoms with Crippen molar-refractivity contribution in [1.82, 2.24) is 35.4 Å². The number of nitrogens with one attached hydrogen (secondary N) is 2. The Labute approximate surface area is 135 Å². The summed E-state index contributed by atoms with van der Waals surface area (Å²) in [6.07, 6.45) is 6.69. The fourth-order valence-electron chi connectivity index (χ4n) is 2.38. The third kappa shape index (κ3) is 2.82. The Balaban J connectivity index is 1.58. The van der Waals surface area contributed by atoms with Gasteiger partial charge in [-0.3, -0.25) is 9.89 Å². The van der Waals surface area contributed by atoms with Crippen molar-refractivity contribution in [2.24, 2.45) is 0 Å². The summed E-state index contributed by atoms with van der Waals surface area (Å²) < 4.78 is 1.34. The van der Waals surface area contributed by atoms with Gasteiger partial charge in [0.1, 0.15) is 18.7 Å². The van der Waals surface area contributed by atoms with Crippen molar-refractivity contribution in [3.05, 3.63) is 49.2 Å². The molecule has 4 rings (SSSR count). The Morgan fingerprint density at radius 2 is 2.12 bits per heavy atom. The van der Waals surface area contributed by atoms with Crippen LogP contribution in [0.25, 0.3) is 21.9 Å². The molecular weight excluding hydrogens is 308 g/mol. The summed E-state index contributed by atoms with van der Waals surface area (Å²) in [4.78, 5) is 16.2. The van der Waals surface area contributed by atoms with Gasteiger partial charge in [0, 0.05) is 23.3 Å². The minimum absolute atomic E-state index is 0.0295. The Kier molecular flexibility index (Phi) is 3.43. The number of anilines is 1. The van der Waals surface area contributed by atoms with Crippen LogP contribution in [0.15, 0.2) is 49.2 Å². The van der Waals surface area contributed by atoms with E-state index in [9.17, 15) is 4.79 Å². The molecule has 0 saturated heterocycles. The van der Waals surface area contributed by atoms with Crippen molar-refractivity contribution in [2.45, 2.75) is 6.54 Å². The Hall–Kier alpha value is -3.62. The number of carbonyl (C=O) groups excluding carboxylic acids is 1. The number of tetrazole rings is 1. The molecule has 1 aromatic carbocycles. The van der Waals surface area contributed by atoms with Crippen molar-refractivity contribution >= 4 is 22.5 Å². The van der Waals surface area contributed by atoms with E-state index in [1.165, 1.54) is 11.0 Å². The molecule has 3 heterocycles. The number of pyridine rings is 1. The Morgan fingerprint density at radius 3 is 2.92 bits per heavy atom. The molecule has 0 aliphatic rings. The maximum Gasteiger partial charge on any atom is 0.247 e. The molecule has 118 valence electrons. The van der Waals surface area contributed by atoms with Crippen LogP contribution >= 0.6 is 0 Å². The van der Waals surface area contributed by atoms with Crippen molar-refractivity contribution in [1.29, 1.82) is 0 Å². The SMILES string of the molecule is O=C(Cn1cnnn1)Nc1cc2cc(-c3cn[nH]c3)ccc2cn1. The van der Waals surface area contributed by atoms with E-state index in [0.717, 1.165) is 21.9 Å². The highest BCUT2D eigenvalue weighted by Gasteiger charge is 2.07. The number of carbonyl (C=O) groups is 1. The highest BCUT2D eigenvalue weighted by Crippen LogP contribution is 2.24. The quantitative estimate of drug-likeness (QED) is 0.585. The van der Waals surface area contributed by atoms with Crippen molar-refractivity contribution in [3.63, 3.8) is 0 Å². The molecule has 0 saturated carbocycles. The lowest BCUT2D eigenvalue weighted by Crippen LogP contribution is -2.19. The lowest BCUT2D eigenvalue weighted by atomic mass is 10.1. The van der Waals surface area contributed by atoms with Gasteiger partial charge in [0.25, 0.3) is 0 Å². The number of hydrogen-bond donors (Lipinski definition) is 2. The van der Waals surface area contributed by atoms with Gasteiger partial charge < -0.3 is 5.32 Å². The van der Waals surface area contributed by atoms with Gasteiger partial charge in [0.2, 0.25) is 5.91 Å². The molecule has 0 unspecified atom stereocenters. The topological polar surface area (TPSA) is 114 Å². The summed E-state index contributed by atoms with van der Waals surface area (Å²) >= 11 is 0. The smallest absolute Gasteiger partial charge is 0.247 e. The third-order valence-corrected chi connectivity index (χ3v) is 3.52. The van der Waals surface area contributed by atoms with Crippen LogP contribution in [0.5, 0.6) is 0 Å². The van der Waals surface area contributed by atoms with Crippen molar-refractivity contribution < 1.29 is 4.79 Å². The number of H-pyrrole nitrogens is 1. The first-order valence-corrected chi connectivity index (χ1v) is 7.17. The molecule has 0 aliphatic carbocycles. The van der Waals surface area contributed by atoms with Crippen LogP contribution in [0.1, 0.15) is 0 Å². The number of nitrogens with zero attached hydrogens (tertiary/aromatic N) is 6. The molecule has 0 aliphatic heterocycles. The molecule has 0 spiro atoms. The van der Waals surface area contributed by atoms with E-state index in [1.807, 2.05) is 30.5 Å². The number of benzene rings is 1. The summed E-state index contributed by atoms with van der Waals surface area (Å²) in [6, 6.07) is 7.84. The van der Waals surface area contributed by atoms with Gasteiger partial charge in [-0.1, -0.05) is 12.1 Å². The van der Waals surface area contributed by atoms with E-state index in [4.69, 9.17) is 0 Å². The van der Waals surface area contributed by atoms with Crippen LogP contribution in [0.3, 0.4) is 0 Å². The van der Waals surface area contributed by atoms with Gasteiger partial charge in [-0.05, 0) is 33.5 Å². The molecule has 0 radical (unpaired) electrons. The first-order chi connectivity index (χ1) is 11.8. The number of hydrogen-bond acceptors (Lipinski definition) is 6. The summed E-state index contributed by atoms with van der Waals surface area (Å²) in [7, 11) is 0. The molecule has 0 atom stereocenters. The maximum absolute atomic E-state index is 12.0. The van der Waals surface area contributed by atoms with E-state index < -0.39 is 0 Å². The fraction of sp³-hybridized carbons (Fsp3) is 0.0667. The van der Waals surface area contributed by atoms with E-state index in [0.29, 0.717) is 5.82 Å². The Bertz CT molecular complexity index is 978. The lowest BCUT2D eigenvalue weighted by Gasteiger charge is -2.06. The minimum Gasteiger partial charge on any atom is -0.309 e. The fourth-order valence-corrected chi connectivity index (χ4v) is 2.38. The number of rotatable bonds is 4. The lowest BCUT2D eigenvalue weighted by molar-refractivity contribution is -0.116. The van der Waals surface area contributed by atoms with E-state index in [-0.39, 0.29) is 12.5 Å². The highest BCUT2D eigenvalue weighted by atomic mass is 16.2. The number of aromatic amines is 1. The average molecular weight is 320 g/mol. The van der Waals surface area contributed by atoms with E-state index in [2.05, 4.69) is 36.0 Å². The second-order valence-corrected chi connectivity index (χ2v) is 5.17. The normalized spacial score (nSPS) is 10.8. The van der Waals surface area contributed by atoms with Gasteiger partial charge in [-0.2, -0.15) is 5.10 Å². The second kappa shape index (κ2) is 5.88. The zero-order valence-corrected chi connectivity index (χ0v) is 12.4. The summed E-state index contributed by atoms with van der Waals surface area (Å²) in [5, 5.41) is 22.1. The van der Waals surface area contributed by atoms with Crippen molar-refractivity contribution in [2.75, 3.05) is 5.32 Å². The highest BCUT2D eigenvalue weighted by molar-refractivity contribution is 5.93. The largest absolute Gasteiger partial charge is 0.309 e. The van der Waals surface area contributed by atoms with Gasteiger partial charge in [-0.15, -0.1) is 5.10 Å². The molecule has 1 amide bonds. The molecule has 0 fully saturated rings. The predicted molar refractivity (Wildman–Crippen MR) is 85.8 cm³/mol. The molecule has 9 heteroatoms. The van der Waals surface area contributed by atoms with Crippen LogP contribution in [-0.2, 0) is 11.3 Å². The van der Waals surface area contributed by atoms with E-state index in [1.54, 1.807) is 12.4 Å². The summed E-state index contributed by atoms with van der Waals surface area (Å²) in [6.45, 7) is 0.0295. The molecule has 2 N–H and O–H groups in total. The van der Waals surface area contributed by atoms with Gasteiger partial charge >= 0.3 is 0 Å². The summed E-state index contributed by atoms with van der Waals surface area (Å²) in [5.41, 5.74) is 2.03. The zero-order chi connectivity index (χ0) is 16.4. The average Bonchev–Trinajstić information content (AvgIpc) is 3.27. The molecule has 24 heavy (non-hydrogen) atoms. The van der Waals surface area contributed by atoms with E-state index >= 15 is 0 Å². The molecule has 9 nitrogen and oxygen atoms in total. The van der Waals surface area contributed by atoms with Crippen LogP contribution in [0.4, 0.5) is 5.82 Å². The monoisotopic (exact) mass is 320 g/mol. The van der Waals surface area contributed by atoms with Crippen LogP contribution in [0.2, 0.25) is 0 Å². The first-order valence-electron chi connectivity index (χ1n) is 7.17. The molecule has 4 aromatic rings. The summed E-state index contributed by atoms with van der Waals surface area (Å²) in [5.74, 6) is 0.227. The maximum atomic E-state index is 12.0. The van der Waals surface area contributed by atoms with Crippen LogP contribution in [0, 0.1) is 0 Å². The first kappa shape index (κ1) is 14.0. The van der Waals surface area contributed by atoms with Gasteiger partial charge in [-0.25, -0.2) is 9.67 Å². The predicted octanol–water partition coefficient (Wildman–Crippen LogP) is 1.25. The number of aromatic nitrogens is 7. The number of amides is 1. The minimum atomic E-state index is -0.250. The van der Waals surface area contributed by atoms with Gasteiger partial charge in [0.05, 0.1) is 6.20 Å². The van der Waals surface area contributed by atoms with Gasteiger partial charge in [0.15, 0.2) is 0 Å². The molecule has 3 aromatic heterocycles. The molecular formula is C15H12N8O. The standard InChI is InChI=1S/C15H12N8O/c24-15(8-23-9-19-21-22-23)20-14-4-12-3-10(13-6-17-18-7-13)1-2-11(12)5-16-14/h1-7,9H,8H2,(H,17,18)(H,16,20,24). The third-order valence-electron chi connectivity index (χ3n) is 3.52. The van der Waals surface area contributed by atoms with Crippen molar-refractivity contribution in [3.8, 4) is 11.1 Å². The van der Waals surface area contributed by atoms with Crippen LogP contribution < -0.4 is 5.32 Å². The second-order valence-electron chi connectivity index (χ2n) is 5.17. The zero-order valence-electron chi connectivity index (χ0n) is 12.4. The Morgan fingerprint density at radius 1 is 1.17 bits per heavy atom. The molecule has 0 bridgehead atoms.